The van der Waals surface area contributed by atoms with Crippen molar-refractivity contribution in [2.24, 2.45) is 5.41 Å². The Morgan fingerprint density at radius 1 is 1.28 bits per heavy atom. The zero-order valence-corrected chi connectivity index (χ0v) is 16.8. The molecular weight excluding hydrogens is 368 g/mol. The molecule has 2 unspecified atom stereocenters. The van der Waals surface area contributed by atoms with Gasteiger partial charge < -0.3 is 19.9 Å². The summed E-state index contributed by atoms with van der Waals surface area (Å²) in [6, 6.07) is 12.3. The molecule has 2 atom stereocenters. The van der Waals surface area contributed by atoms with Crippen LogP contribution in [0.15, 0.2) is 36.4 Å². The topological polar surface area (TPSA) is 80.7 Å². The second-order valence-corrected chi connectivity index (χ2v) is 8.13. The maximum absolute atomic E-state index is 11.2. The van der Waals surface area contributed by atoms with Crippen LogP contribution in [0.4, 0.5) is 5.82 Å². The van der Waals surface area contributed by atoms with Crippen molar-refractivity contribution in [2.75, 3.05) is 32.2 Å². The molecule has 1 aliphatic heterocycles. The third-order valence-electron chi connectivity index (χ3n) is 5.99. The molecule has 2 aromatic rings. The van der Waals surface area contributed by atoms with Crippen molar-refractivity contribution in [3.05, 3.63) is 53.2 Å². The largest absolute Gasteiger partial charge is 0.493 e. The molecule has 0 amide bonds. The predicted molar refractivity (Wildman–Crippen MR) is 111 cm³/mol. The minimum Gasteiger partial charge on any atom is -0.493 e. The highest BCUT2D eigenvalue weighted by Gasteiger charge is 2.55. The first-order chi connectivity index (χ1) is 14.1. The van der Waals surface area contributed by atoms with Gasteiger partial charge in [-0.2, -0.15) is 0 Å². The number of anilines is 1. The van der Waals surface area contributed by atoms with E-state index in [0.717, 1.165) is 55.1 Å². The van der Waals surface area contributed by atoms with E-state index in [2.05, 4.69) is 17.4 Å². The number of ether oxygens (including phenoxy) is 2. The van der Waals surface area contributed by atoms with E-state index in [9.17, 15) is 9.90 Å². The predicted octanol–water partition coefficient (Wildman–Crippen LogP) is 3.66. The molecule has 1 fully saturated rings. The highest BCUT2D eigenvalue weighted by Crippen LogP contribution is 2.61. The summed E-state index contributed by atoms with van der Waals surface area (Å²) in [5.41, 5.74) is 3.21. The number of benzene rings is 1. The highest BCUT2D eigenvalue weighted by atomic mass is 16.5. The maximum Gasteiger partial charge on any atom is 0.304 e. The van der Waals surface area contributed by atoms with E-state index >= 15 is 0 Å². The van der Waals surface area contributed by atoms with Gasteiger partial charge >= 0.3 is 5.97 Å². The monoisotopic (exact) mass is 396 g/mol. The number of aromatic nitrogens is 1. The Morgan fingerprint density at radius 3 is 2.86 bits per heavy atom. The Hall–Kier alpha value is -2.60. The summed E-state index contributed by atoms with van der Waals surface area (Å²) < 4.78 is 11.2. The van der Waals surface area contributed by atoms with Crippen molar-refractivity contribution >= 4 is 11.8 Å². The smallest absolute Gasteiger partial charge is 0.304 e. The van der Waals surface area contributed by atoms with Gasteiger partial charge in [0.2, 0.25) is 0 Å². The number of fused-ring (bicyclic) bond motifs is 1. The second kappa shape index (κ2) is 8.41. The average molecular weight is 396 g/mol. The Labute approximate surface area is 171 Å². The standard InChI is InChI=1S/C23H28N2O4/c1-28-15-23(14-21(26)27)13-20(23)16-5-8-19(9-6-16)29-12-10-18-7-4-17-3-2-11-24-22(17)25-18/h4-9,20H,2-3,10-15H2,1H3,(H,24,25)(H,26,27). The fourth-order valence-corrected chi connectivity index (χ4v) is 4.39. The number of nitrogens with zero attached hydrogens (tertiary/aromatic N) is 1. The molecule has 2 N–H and O–H groups in total. The van der Waals surface area contributed by atoms with Crippen LogP contribution in [0.25, 0.3) is 0 Å². The molecule has 1 aliphatic carbocycles. The first-order valence-corrected chi connectivity index (χ1v) is 10.3. The Bertz CT molecular complexity index is 868. The van der Waals surface area contributed by atoms with Gasteiger partial charge in [0.1, 0.15) is 11.6 Å². The lowest BCUT2D eigenvalue weighted by atomic mass is 9.96. The summed E-state index contributed by atoms with van der Waals surface area (Å²) in [6.45, 7) is 2.04. The molecule has 6 heteroatoms. The molecule has 1 aromatic carbocycles. The first kappa shape index (κ1) is 19.7. The SMILES string of the molecule is COCC1(CC(=O)O)CC1c1ccc(OCCc2ccc3c(n2)NCCC3)cc1. The van der Waals surface area contributed by atoms with E-state index in [1.165, 1.54) is 5.56 Å². The number of carbonyl (C=O) groups is 1. The van der Waals surface area contributed by atoms with Crippen LogP contribution in [-0.4, -0.2) is 42.9 Å². The number of pyridine rings is 1. The number of rotatable bonds is 9. The van der Waals surface area contributed by atoms with Crippen LogP contribution in [0.3, 0.4) is 0 Å². The molecule has 2 heterocycles. The van der Waals surface area contributed by atoms with Crippen LogP contribution < -0.4 is 10.1 Å². The van der Waals surface area contributed by atoms with Gasteiger partial charge in [0, 0.05) is 31.2 Å². The molecular formula is C23H28N2O4. The zero-order chi connectivity index (χ0) is 20.3. The normalized spacial score (nSPS) is 22.4. The molecule has 6 nitrogen and oxygen atoms in total. The first-order valence-electron chi connectivity index (χ1n) is 10.3. The Balaban J connectivity index is 1.30. The minimum absolute atomic E-state index is 0.145. The van der Waals surface area contributed by atoms with E-state index in [-0.39, 0.29) is 17.8 Å². The molecule has 2 aliphatic rings. The van der Waals surface area contributed by atoms with Gasteiger partial charge in [0.25, 0.3) is 0 Å². The van der Waals surface area contributed by atoms with E-state index in [4.69, 9.17) is 14.5 Å². The molecule has 1 aromatic heterocycles. The van der Waals surface area contributed by atoms with Crippen molar-refractivity contribution in [3.63, 3.8) is 0 Å². The second-order valence-electron chi connectivity index (χ2n) is 8.13. The van der Waals surface area contributed by atoms with Gasteiger partial charge in [-0.05, 0) is 54.5 Å². The lowest BCUT2D eigenvalue weighted by Crippen LogP contribution is -2.16. The van der Waals surface area contributed by atoms with Gasteiger partial charge in [0.05, 0.1) is 19.6 Å². The van der Waals surface area contributed by atoms with Gasteiger partial charge in [-0.25, -0.2) is 4.98 Å². The van der Waals surface area contributed by atoms with Crippen LogP contribution in [-0.2, 0) is 22.4 Å². The van der Waals surface area contributed by atoms with Crippen LogP contribution >= 0.6 is 0 Å². The Kier molecular flexibility index (Phi) is 5.72. The Morgan fingerprint density at radius 2 is 2.10 bits per heavy atom. The number of aryl methyl sites for hydroxylation is 1. The van der Waals surface area contributed by atoms with E-state index < -0.39 is 5.97 Å². The number of carboxylic acid groups (broad SMARTS) is 1. The van der Waals surface area contributed by atoms with E-state index in [1.54, 1.807) is 7.11 Å². The number of nitrogens with one attached hydrogen (secondary N) is 1. The molecule has 154 valence electrons. The van der Waals surface area contributed by atoms with Crippen LogP contribution in [0, 0.1) is 5.41 Å². The average Bonchev–Trinajstić information content (AvgIpc) is 3.41. The number of carboxylic acids is 1. The lowest BCUT2D eigenvalue weighted by Gasteiger charge is -2.17. The summed E-state index contributed by atoms with van der Waals surface area (Å²) in [7, 11) is 1.63. The summed E-state index contributed by atoms with van der Waals surface area (Å²) in [5.74, 6) is 1.31. The summed E-state index contributed by atoms with van der Waals surface area (Å²) in [6.07, 6.45) is 4.02. The molecule has 4 rings (SSSR count). The van der Waals surface area contributed by atoms with Gasteiger partial charge in [0.15, 0.2) is 0 Å². The maximum atomic E-state index is 11.2. The number of hydrogen-bond donors (Lipinski definition) is 2. The molecule has 1 saturated carbocycles. The van der Waals surface area contributed by atoms with Crippen LogP contribution in [0.1, 0.15) is 42.0 Å². The van der Waals surface area contributed by atoms with Crippen molar-refractivity contribution in [3.8, 4) is 5.75 Å². The highest BCUT2D eigenvalue weighted by molar-refractivity contribution is 5.69. The lowest BCUT2D eigenvalue weighted by molar-refractivity contribution is -0.139. The van der Waals surface area contributed by atoms with Gasteiger partial charge in [-0.3, -0.25) is 4.79 Å². The third-order valence-corrected chi connectivity index (χ3v) is 5.99. The molecule has 0 spiro atoms. The zero-order valence-electron chi connectivity index (χ0n) is 16.8. The van der Waals surface area contributed by atoms with Gasteiger partial charge in [-0.1, -0.05) is 18.2 Å². The fraction of sp³-hybridized carbons (Fsp3) is 0.478. The van der Waals surface area contributed by atoms with Gasteiger partial charge in [-0.15, -0.1) is 0 Å². The fourth-order valence-electron chi connectivity index (χ4n) is 4.39. The van der Waals surface area contributed by atoms with Crippen LogP contribution in [0.2, 0.25) is 0 Å². The summed E-state index contributed by atoms with van der Waals surface area (Å²) in [4.78, 5) is 15.9. The number of methoxy groups -OCH3 is 1. The minimum atomic E-state index is -0.768. The van der Waals surface area contributed by atoms with Crippen molar-refractivity contribution < 1.29 is 19.4 Å². The third kappa shape index (κ3) is 4.53. The molecule has 0 saturated heterocycles. The number of aliphatic carboxylic acids is 1. The molecule has 0 radical (unpaired) electrons. The van der Waals surface area contributed by atoms with E-state index in [1.807, 2.05) is 24.3 Å². The van der Waals surface area contributed by atoms with Crippen LogP contribution in [0.5, 0.6) is 5.75 Å². The van der Waals surface area contributed by atoms with Crippen molar-refractivity contribution in [2.45, 2.75) is 38.0 Å². The van der Waals surface area contributed by atoms with Crippen molar-refractivity contribution in [1.29, 1.82) is 0 Å². The quantitative estimate of drug-likeness (QED) is 0.673. The van der Waals surface area contributed by atoms with Crippen molar-refractivity contribution in [1.82, 2.24) is 4.98 Å². The molecule has 0 bridgehead atoms. The summed E-state index contributed by atoms with van der Waals surface area (Å²) >= 11 is 0. The van der Waals surface area contributed by atoms with E-state index in [0.29, 0.717) is 13.2 Å². The molecule has 29 heavy (non-hydrogen) atoms. The number of hydrogen-bond acceptors (Lipinski definition) is 5. The summed E-state index contributed by atoms with van der Waals surface area (Å²) in [5, 5.41) is 12.6.